The van der Waals surface area contributed by atoms with Gasteiger partial charge in [0.2, 0.25) is 0 Å². The monoisotopic (exact) mass is 172 g/mol. The van der Waals surface area contributed by atoms with Gasteiger partial charge in [-0.1, -0.05) is 12.8 Å². The first-order valence-electron chi connectivity index (χ1n) is 4.48. The lowest BCUT2D eigenvalue weighted by atomic mass is 9.84. The van der Waals surface area contributed by atoms with E-state index in [1.54, 1.807) is 7.11 Å². The SMILES string of the molecule is CO[C@@H]1CCCC[C@H]1CC(=O)O. The van der Waals surface area contributed by atoms with Crippen molar-refractivity contribution in [2.24, 2.45) is 5.92 Å². The molecule has 70 valence electrons. The molecule has 12 heavy (non-hydrogen) atoms. The van der Waals surface area contributed by atoms with Crippen LogP contribution in [0, 0.1) is 5.92 Å². The largest absolute Gasteiger partial charge is 0.481 e. The number of hydrogen-bond acceptors (Lipinski definition) is 2. The third-order valence-electron chi connectivity index (χ3n) is 2.58. The van der Waals surface area contributed by atoms with Gasteiger partial charge in [-0.05, 0) is 18.8 Å². The Morgan fingerprint density at radius 2 is 2.17 bits per heavy atom. The van der Waals surface area contributed by atoms with E-state index in [1.807, 2.05) is 0 Å². The zero-order chi connectivity index (χ0) is 8.97. The van der Waals surface area contributed by atoms with E-state index in [2.05, 4.69) is 0 Å². The molecule has 0 radical (unpaired) electrons. The Labute approximate surface area is 72.7 Å². The van der Waals surface area contributed by atoms with Gasteiger partial charge in [-0.25, -0.2) is 0 Å². The topological polar surface area (TPSA) is 46.5 Å². The Morgan fingerprint density at radius 1 is 1.50 bits per heavy atom. The van der Waals surface area contributed by atoms with Crippen LogP contribution in [0.1, 0.15) is 32.1 Å². The van der Waals surface area contributed by atoms with Gasteiger partial charge in [0.05, 0.1) is 12.5 Å². The van der Waals surface area contributed by atoms with E-state index < -0.39 is 5.97 Å². The van der Waals surface area contributed by atoms with Crippen molar-refractivity contribution in [3.8, 4) is 0 Å². The third kappa shape index (κ3) is 2.48. The summed E-state index contributed by atoms with van der Waals surface area (Å²) in [5.74, 6) is -0.467. The maximum atomic E-state index is 10.5. The molecule has 0 heterocycles. The van der Waals surface area contributed by atoms with Crippen LogP contribution in [0.15, 0.2) is 0 Å². The summed E-state index contributed by atoms with van der Waals surface area (Å²) in [4.78, 5) is 10.5. The van der Waals surface area contributed by atoms with Crippen LogP contribution in [0.4, 0.5) is 0 Å². The van der Waals surface area contributed by atoms with Crippen molar-refractivity contribution in [2.75, 3.05) is 7.11 Å². The van der Waals surface area contributed by atoms with Gasteiger partial charge in [-0.2, -0.15) is 0 Å². The Bertz CT molecular complexity index is 156. The van der Waals surface area contributed by atoms with E-state index in [0.717, 1.165) is 19.3 Å². The summed E-state index contributed by atoms with van der Waals surface area (Å²) >= 11 is 0. The zero-order valence-corrected chi connectivity index (χ0v) is 7.45. The molecule has 0 aliphatic heterocycles. The molecule has 0 unspecified atom stereocenters. The smallest absolute Gasteiger partial charge is 0.303 e. The molecule has 1 rings (SSSR count). The maximum Gasteiger partial charge on any atom is 0.303 e. The molecule has 0 saturated heterocycles. The molecule has 0 aromatic heterocycles. The normalized spacial score (nSPS) is 30.1. The fraction of sp³-hybridized carbons (Fsp3) is 0.889. The van der Waals surface area contributed by atoms with Gasteiger partial charge in [0.1, 0.15) is 0 Å². The Morgan fingerprint density at radius 3 is 2.75 bits per heavy atom. The summed E-state index contributed by atoms with van der Waals surface area (Å²) in [5.41, 5.74) is 0. The van der Waals surface area contributed by atoms with Crippen molar-refractivity contribution in [1.82, 2.24) is 0 Å². The average molecular weight is 172 g/mol. The van der Waals surface area contributed by atoms with Crippen LogP contribution in [-0.4, -0.2) is 24.3 Å². The predicted octanol–water partition coefficient (Wildman–Crippen LogP) is 1.67. The summed E-state index contributed by atoms with van der Waals surface area (Å²) < 4.78 is 5.24. The highest BCUT2D eigenvalue weighted by Crippen LogP contribution is 2.28. The first-order chi connectivity index (χ1) is 5.74. The van der Waals surface area contributed by atoms with Gasteiger partial charge in [0.25, 0.3) is 0 Å². The van der Waals surface area contributed by atoms with Gasteiger partial charge in [0, 0.05) is 7.11 Å². The first kappa shape index (κ1) is 9.52. The summed E-state index contributed by atoms with van der Waals surface area (Å²) in [6.07, 6.45) is 4.79. The lowest BCUT2D eigenvalue weighted by molar-refractivity contribution is -0.139. The molecule has 0 amide bonds. The summed E-state index contributed by atoms with van der Waals surface area (Å²) in [7, 11) is 1.67. The van der Waals surface area contributed by atoms with Crippen LogP contribution >= 0.6 is 0 Å². The van der Waals surface area contributed by atoms with E-state index in [4.69, 9.17) is 9.84 Å². The van der Waals surface area contributed by atoms with Crippen LogP contribution in [0.2, 0.25) is 0 Å². The molecule has 0 aromatic carbocycles. The van der Waals surface area contributed by atoms with Gasteiger partial charge < -0.3 is 9.84 Å². The number of aliphatic carboxylic acids is 1. The Hall–Kier alpha value is -0.570. The molecule has 1 saturated carbocycles. The molecular weight excluding hydrogens is 156 g/mol. The molecular formula is C9H16O3. The fourth-order valence-corrected chi connectivity index (χ4v) is 1.94. The van der Waals surface area contributed by atoms with Gasteiger partial charge in [-0.3, -0.25) is 4.79 Å². The number of rotatable bonds is 3. The van der Waals surface area contributed by atoms with Crippen LogP contribution in [0.5, 0.6) is 0 Å². The summed E-state index contributed by atoms with van der Waals surface area (Å²) in [6, 6.07) is 0. The highest BCUT2D eigenvalue weighted by Gasteiger charge is 2.26. The van der Waals surface area contributed by atoms with Crippen LogP contribution < -0.4 is 0 Å². The van der Waals surface area contributed by atoms with Crippen LogP contribution in [-0.2, 0) is 9.53 Å². The quantitative estimate of drug-likeness (QED) is 0.704. The molecule has 1 fully saturated rings. The third-order valence-corrected chi connectivity index (χ3v) is 2.58. The second kappa shape index (κ2) is 4.45. The number of ether oxygens (including phenoxy) is 1. The van der Waals surface area contributed by atoms with Gasteiger partial charge in [-0.15, -0.1) is 0 Å². The molecule has 2 atom stereocenters. The number of carbonyl (C=O) groups is 1. The van der Waals surface area contributed by atoms with Crippen molar-refractivity contribution in [2.45, 2.75) is 38.2 Å². The lowest BCUT2D eigenvalue weighted by Crippen LogP contribution is -2.28. The van der Waals surface area contributed by atoms with Gasteiger partial charge >= 0.3 is 5.97 Å². The average Bonchev–Trinajstić information content (AvgIpc) is 2.04. The van der Waals surface area contributed by atoms with Crippen molar-refractivity contribution in [1.29, 1.82) is 0 Å². The number of hydrogen-bond donors (Lipinski definition) is 1. The van der Waals surface area contributed by atoms with E-state index in [9.17, 15) is 4.79 Å². The van der Waals surface area contributed by atoms with Crippen molar-refractivity contribution in [3.63, 3.8) is 0 Å². The van der Waals surface area contributed by atoms with Crippen molar-refractivity contribution < 1.29 is 14.6 Å². The van der Waals surface area contributed by atoms with Crippen LogP contribution in [0.3, 0.4) is 0 Å². The van der Waals surface area contributed by atoms with Gasteiger partial charge in [0.15, 0.2) is 0 Å². The minimum absolute atomic E-state index is 0.176. The highest BCUT2D eigenvalue weighted by atomic mass is 16.5. The molecule has 1 aliphatic carbocycles. The van der Waals surface area contributed by atoms with E-state index in [-0.39, 0.29) is 18.4 Å². The standard InChI is InChI=1S/C9H16O3/c1-12-8-5-3-2-4-7(8)6-9(10)11/h7-8H,2-6H2,1H3,(H,10,11)/t7-,8+/m0/s1. The Kier molecular flexibility index (Phi) is 3.53. The minimum Gasteiger partial charge on any atom is -0.481 e. The van der Waals surface area contributed by atoms with Crippen molar-refractivity contribution in [3.05, 3.63) is 0 Å². The number of carboxylic acids is 1. The molecule has 0 aromatic rings. The zero-order valence-electron chi connectivity index (χ0n) is 7.45. The van der Waals surface area contributed by atoms with E-state index in [1.165, 1.54) is 6.42 Å². The summed E-state index contributed by atoms with van der Waals surface area (Å²) in [5, 5.41) is 8.62. The first-order valence-corrected chi connectivity index (χ1v) is 4.48. The second-order valence-electron chi connectivity index (χ2n) is 3.42. The lowest BCUT2D eigenvalue weighted by Gasteiger charge is -2.29. The van der Waals surface area contributed by atoms with Crippen LogP contribution in [0.25, 0.3) is 0 Å². The predicted molar refractivity (Wildman–Crippen MR) is 45.0 cm³/mol. The summed E-state index contributed by atoms with van der Waals surface area (Å²) in [6.45, 7) is 0. The van der Waals surface area contributed by atoms with E-state index >= 15 is 0 Å². The molecule has 0 spiro atoms. The minimum atomic E-state index is -0.705. The van der Waals surface area contributed by atoms with Crippen molar-refractivity contribution >= 4 is 5.97 Å². The number of carboxylic acid groups (broad SMARTS) is 1. The maximum absolute atomic E-state index is 10.5. The second-order valence-corrected chi connectivity index (χ2v) is 3.42. The fourth-order valence-electron chi connectivity index (χ4n) is 1.94. The molecule has 3 heteroatoms. The highest BCUT2D eigenvalue weighted by molar-refractivity contribution is 5.67. The number of methoxy groups -OCH3 is 1. The van der Waals surface area contributed by atoms with E-state index in [0.29, 0.717) is 0 Å². The molecule has 1 N–H and O–H groups in total. The molecule has 0 bridgehead atoms. The molecule has 1 aliphatic rings. The molecule has 3 nitrogen and oxygen atoms in total. The Balaban J connectivity index is 2.41.